The Morgan fingerprint density at radius 2 is 1.47 bits per heavy atom. The van der Waals surface area contributed by atoms with E-state index in [1.165, 1.54) is 0 Å². The van der Waals surface area contributed by atoms with Gasteiger partial charge in [0.15, 0.2) is 11.5 Å². The molecule has 1 heterocycles. The summed E-state index contributed by atoms with van der Waals surface area (Å²) in [5.74, 6) is 2.39. The lowest BCUT2D eigenvalue weighted by atomic mass is 10.2. The number of para-hydroxylation sites is 2. The topological polar surface area (TPSA) is 27.7 Å². The van der Waals surface area contributed by atoms with E-state index in [1.54, 1.807) is 7.11 Å². The Labute approximate surface area is 99.6 Å². The first-order chi connectivity index (χ1) is 8.36. The molecular weight excluding hydrogens is 216 g/mol. The van der Waals surface area contributed by atoms with Crippen molar-refractivity contribution >= 4 is 0 Å². The number of hydrogen-bond donors (Lipinski definition) is 0. The van der Waals surface area contributed by atoms with E-state index in [0.29, 0.717) is 0 Å². The lowest BCUT2D eigenvalue weighted by Crippen LogP contribution is -2.07. The smallest absolute Gasteiger partial charge is 0.267 e. The monoisotopic (exact) mass is 228 g/mol. The quantitative estimate of drug-likeness (QED) is 0.790. The molecule has 0 aromatic heterocycles. The van der Waals surface area contributed by atoms with Gasteiger partial charge in [0.05, 0.1) is 7.11 Å². The molecule has 0 unspecified atom stereocenters. The third-order valence-corrected chi connectivity index (χ3v) is 2.71. The van der Waals surface area contributed by atoms with Gasteiger partial charge in [0, 0.05) is 5.56 Å². The summed E-state index contributed by atoms with van der Waals surface area (Å²) in [5.41, 5.74) is 0.974. The van der Waals surface area contributed by atoms with E-state index in [0.717, 1.165) is 22.8 Å². The van der Waals surface area contributed by atoms with Crippen molar-refractivity contribution in [3.63, 3.8) is 0 Å². The second-order valence-electron chi connectivity index (χ2n) is 3.79. The fourth-order valence-corrected chi connectivity index (χ4v) is 1.80. The van der Waals surface area contributed by atoms with Crippen molar-refractivity contribution in [3.8, 4) is 17.2 Å². The van der Waals surface area contributed by atoms with Crippen LogP contribution in [0.25, 0.3) is 0 Å². The molecule has 0 saturated heterocycles. The molecule has 3 rings (SSSR count). The normalized spacial score (nSPS) is 13.7. The highest BCUT2D eigenvalue weighted by Crippen LogP contribution is 2.39. The lowest BCUT2D eigenvalue weighted by Gasteiger charge is -2.10. The fourth-order valence-electron chi connectivity index (χ4n) is 1.80. The average molecular weight is 228 g/mol. The highest BCUT2D eigenvalue weighted by atomic mass is 16.7. The van der Waals surface area contributed by atoms with Gasteiger partial charge in [-0.2, -0.15) is 0 Å². The van der Waals surface area contributed by atoms with Gasteiger partial charge >= 0.3 is 0 Å². The van der Waals surface area contributed by atoms with Crippen LogP contribution < -0.4 is 14.2 Å². The van der Waals surface area contributed by atoms with Gasteiger partial charge in [0.2, 0.25) is 0 Å². The van der Waals surface area contributed by atoms with Crippen LogP contribution in [0.15, 0.2) is 48.5 Å². The largest absolute Gasteiger partial charge is 0.497 e. The van der Waals surface area contributed by atoms with Gasteiger partial charge in [-0.3, -0.25) is 0 Å². The van der Waals surface area contributed by atoms with Crippen molar-refractivity contribution in [2.45, 2.75) is 6.29 Å². The predicted octanol–water partition coefficient (Wildman–Crippen LogP) is 3.17. The molecule has 0 amide bonds. The van der Waals surface area contributed by atoms with Gasteiger partial charge in [-0.05, 0) is 36.4 Å². The SMILES string of the molecule is COc1ccc(C2Oc3ccccc3O2)cc1. The molecule has 1 aliphatic rings. The Kier molecular flexibility index (Phi) is 2.37. The molecule has 0 radical (unpaired) electrons. The van der Waals surface area contributed by atoms with Crippen LogP contribution in [0.1, 0.15) is 11.9 Å². The molecular formula is C14H12O3. The molecule has 1 aliphatic heterocycles. The van der Waals surface area contributed by atoms with Crippen molar-refractivity contribution in [1.82, 2.24) is 0 Å². The highest BCUT2D eigenvalue weighted by Gasteiger charge is 2.24. The summed E-state index contributed by atoms with van der Waals surface area (Å²) in [6.07, 6.45) is -0.363. The zero-order valence-corrected chi connectivity index (χ0v) is 9.42. The first-order valence-electron chi connectivity index (χ1n) is 5.43. The van der Waals surface area contributed by atoms with E-state index in [4.69, 9.17) is 14.2 Å². The van der Waals surface area contributed by atoms with Gasteiger partial charge in [-0.15, -0.1) is 0 Å². The molecule has 3 heteroatoms. The van der Waals surface area contributed by atoms with E-state index in [2.05, 4.69) is 0 Å². The van der Waals surface area contributed by atoms with Crippen molar-refractivity contribution < 1.29 is 14.2 Å². The second kappa shape index (κ2) is 4.01. The van der Waals surface area contributed by atoms with Gasteiger partial charge in [0.25, 0.3) is 6.29 Å². The standard InChI is InChI=1S/C14H12O3/c1-15-11-8-6-10(7-9-11)14-16-12-4-2-3-5-13(12)17-14/h2-9,14H,1H3. The Balaban J connectivity index is 1.83. The van der Waals surface area contributed by atoms with Gasteiger partial charge in [0.1, 0.15) is 5.75 Å². The summed E-state index contributed by atoms with van der Waals surface area (Å²) in [6.45, 7) is 0. The Morgan fingerprint density at radius 1 is 0.882 bits per heavy atom. The minimum atomic E-state index is -0.363. The Bertz CT molecular complexity index is 494. The van der Waals surface area contributed by atoms with Gasteiger partial charge in [-0.1, -0.05) is 12.1 Å². The molecule has 3 nitrogen and oxygen atoms in total. The van der Waals surface area contributed by atoms with Crippen molar-refractivity contribution in [2.24, 2.45) is 0 Å². The maximum atomic E-state index is 5.70. The molecule has 0 bridgehead atoms. The molecule has 0 N–H and O–H groups in total. The highest BCUT2D eigenvalue weighted by molar-refractivity contribution is 5.43. The first-order valence-corrected chi connectivity index (χ1v) is 5.43. The summed E-state index contributed by atoms with van der Waals surface area (Å²) in [6, 6.07) is 15.3. The zero-order chi connectivity index (χ0) is 11.7. The van der Waals surface area contributed by atoms with Crippen LogP contribution in [0.2, 0.25) is 0 Å². The van der Waals surface area contributed by atoms with Crippen molar-refractivity contribution in [1.29, 1.82) is 0 Å². The molecule has 17 heavy (non-hydrogen) atoms. The summed E-state index contributed by atoms with van der Waals surface area (Å²) in [5, 5.41) is 0. The van der Waals surface area contributed by atoms with Crippen LogP contribution in [-0.4, -0.2) is 7.11 Å². The molecule has 0 aliphatic carbocycles. The van der Waals surface area contributed by atoms with Crippen molar-refractivity contribution in [2.75, 3.05) is 7.11 Å². The number of benzene rings is 2. The van der Waals surface area contributed by atoms with Crippen LogP contribution in [0.3, 0.4) is 0 Å². The Hall–Kier alpha value is -2.16. The van der Waals surface area contributed by atoms with Gasteiger partial charge in [-0.25, -0.2) is 0 Å². The van der Waals surface area contributed by atoms with Crippen LogP contribution in [0.5, 0.6) is 17.2 Å². The minimum Gasteiger partial charge on any atom is -0.497 e. The summed E-state index contributed by atoms with van der Waals surface area (Å²) in [4.78, 5) is 0. The summed E-state index contributed by atoms with van der Waals surface area (Å²) >= 11 is 0. The van der Waals surface area contributed by atoms with E-state index >= 15 is 0 Å². The molecule has 0 spiro atoms. The summed E-state index contributed by atoms with van der Waals surface area (Å²) in [7, 11) is 1.65. The third-order valence-electron chi connectivity index (χ3n) is 2.71. The van der Waals surface area contributed by atoms with Gasteiger partial charge < -0.3 is 14.2 Å². The van der Waals surface area contributed by atoms with Crippen LogP contribution in [0.4, 0.5) is 0 Å². The maximum absolute atomic E-state index is 5.70. The molecule has 0 saturated carbocycles. The fraction of sp³-hybridized carbons (Fsp3) is 0.143. The van der Waals surface area contributed by atoms with Crippen LogP contribution >= 0.6 is 0 Å². The molecule has 2 aromatic rings. The average Bonchev–Trinajstić information content (AvgIpc) is 2.82. The third kappa shape index (κ3) is 1.80. The predicted molar refractivity (Wildman–Crippen MR) is 63.4 cm³/mol. The maximum Gasteiger partial charge on any atom is 0.267 e. The minimum absolute atomic E-state index is 0.363. The first kappa shape index (κ1) is 10.0. The lowest BCUT2D eigenvalue weighted by molar-refractivity contribution is 0.0487. The number of hydrogen-bond acceptors (Lipinski definition) is 3. The number of ether oxygens (including phenoxy) is 3. The van der Waals surface area contributed by atoms with E-state index in [9.17, 15) is 0 Å². The Morgan fingerprint density at radius 3 is 2.00 bits per heavy atom. The molecule has 0 atom stereocenters. The van der Waals surface area contributed by atoms with Crippen LogP contribution in [0, 0.1) is 0 Å². The van der Waals surface area contributed by atoms with E-state index < -0.39 is 0 Å². The number of fused-ring (bicyclic) bond motifs is 1. The van der Waals surface area contributed by atoms with Crippen LogP contribution in [-0.2, 0) is 0 Å². The summed E-state index contributed by atoms with van der Waals surface area (Å²) < 4.78 is 16.5. The molecule has 0 fully saturated rings. The number of rotatable bonds is 2. The van der Waals surface area contributed by atoms with E-state index in [-0.39, 0.29) is 6.29 Å². The number of methoxy groups -OCH3 is 1. The van der Waals surface area contributed by atoms with E-state index in [1.807, 2.05) is 48.5 Å². The van der Waals surface area contributed by atoms with Crippen molar-refractivity contribution in [3.05, 3.63) is 54.1 Å². The molecule has 86 valence electrons. The molecule has 2 aromatic carbocycles. The second-order valence-corrected chi connectivity index (χ2v) is 3.79. The zero-order valence-electron chi connectivity index (χ0n) is 9.42.